The van der Waals surface area contributed by atoms with Gasteiger partial charge < -0.3 is 24.8 Å². The van der Waals surface area contributed by atoms with Crippen LogP contribution in [0.3, 0.4) is 0 Å². The molecule has 4 unspecified atom stereocenters. The van der Waals surface area contributed by atoms with Crippen molar-refractivity contribution in [3.05, 3.63) is 60.4 Å². The first-order chi connectivity index (χ1) is 13.5. The van der Waals surface area contributed by atoms with Crippen LogP contribution in [-0.4, -0.2) is 5.49 Å². The van der Waals surface area contributed by atoms with E-state index >= 15 is 0 Å². The van der Waals surface area contributed by atoms with Crippen molar-refractivity contribution in [2.45, 2.75) is 78.3 Å². The average molecular weight is 630 g/mol. The van der Waals surface area contributed by atoms with Gasteiger partial charge in [0.15, 0.2) is 0 Å². The van der Waals surface area contributed by atoms with Crippen molar-refractivity contribution in [3.63, 3.8) is 0 Å². The number of allylic oxidation sites excluding steroid dienone is 8. The summed E-state index contributed by atoms with van der Waals surface area (Å²) in [6, 6.07) is 0. The molecule has 2 saturated carbocycles. The number of halogens is 2. The summed E-state index contributed by atoms with van der Waals surface area (Å²) in [7, 11) is 0. The number of fused-ring (bicyclic) bond motifs is 2. The molecule has 0 bridgehead atoms. The summed E-state index contributed by atoms with van der Waals surface area (Å²) < 4.78 is 0. The first-order valence-corrected chi connectivity index (χ1v) is 19.4. The standard InChI is InChI=1S/2C12H17.C2H6Si.2ClH.Hf/c2*1-2-10-8-11-6-4-3-5-7-12(11)9-10;1-3-2;;;/h2*3-4,6,8,10,12H,2,5,7,9H2,1H3;1-2H3;2*1H;/q2*-1;;;;+2/p-2. The minimum Gasteiger partial charge on any atom is -1.00 e. The summed E-state index contributed by atoms with van der Waals surface area (Å²) in [5.41, 5.74) is 3.47. The molecule has 0 spiro atoms. The molecule has 2 fully saturated rings. The Hall–Kier alpha value is 0.367. The van der Waals surface area contributed by atoms with Crippen LogP contribution >= 0.6 is 0 Å². The zero-order valence-electron chi connectivity index (χ0n) is 19.3. The fourth-order valence-electron chi connectivity index (χ4n) is 4.62. The Balaban J connectivity index is 0.000000452. The summed E-state index contributed by atoms with van der Waals surface area (Å²) in [5, 5.41) is 0. The van der Waals surface area contributed by atoms with Crippen LogP contribution in [0.2, 0.25) is 13.1 Å². The van der Waals surface area contributed by atoms with Gasteiger partial charge in [0.2, 0.25) is 0 Å². The zero-order chi connectivity index (χ0) is 20.4. The number of hydrogen-bond acceptors (Lipinski definition) is 0. The molecule has 4 aliphatic carbocycles. The molecule has 4 rings (SSSR count). The Morgan fingerprint density at radius 2 is 1.20 bits per heavy atom. The third-order valence-electron chi connectivity index (χ3n) is 6.24. The molecule has 30 heavy (non-hydrogen) atoms. The second-order valence-corrected chi connectivity index (χ2v) is 21.7. The van der Waals surface area contributed by atoms with Crippen molar-refractivity contribution in [2.24, 2.45) is 23.7 Å². The SMILES string of the molecule is CCC1[CH-]C2=CC=CCCC2C1.CCC1[CH-]C2=CC=CCCC2C1.C[Si](C)=[Hf+2].[Cl-].[Cl-]. The predicted molar refractivity (Wildman–Crippen MR) is 123 cm³/mol. The largest absolute Gasteiger partial charge is 1.00 e. The molecule has 4 atom stereocenters. The Labute approximate surface area is 214 Å². The van der Waals surface area contributed by atoms with E-state index in [1.807, 2.05) is 0 Å². The molecule has 4 aliphatic rings. The van der Waals surface area contributed by atoms with Crippen LogP contribution in [0.25, 0.3) is 0 Å². The third-order valence-corrected chi connectivity index (χ3v) is 6.24. The van der Waals surface area contributed by atoms with Gasteiger partial charge >= 0.3 is 41.6 Å². The number of hydrogen-bond donors (Lipinski definition) is 0. The molecule has 0 heterocycles. The molecule has 0 nitrogen and oxygen atoms in total. The maximum absolute atomic E-state index is 2.49. The topological polar surface area (TPSA) is 0 Å². The quantitative estimate of drug-likeness (QED) is 0.323. The molecule has 0 amide bonds. The van der Waals surface area contributed by atoms with Gasteiger partial charge in [-0.2, -0.15) is 0 Å². The molecule has 0 aliphatic heterocycles. The molecular weight excluding hydrogens is 590 g/mol. The van der Waals surface area contributed by atoms with Crippen molar-refractivity contribution in [3.8, 4) is 0 Å². The van der Waals surface area contributed by atoms with E-state index in [2.05, 4.69) is 76.2 Å². The molecule has 0 aromatic carbocycles. The van der Waals surface area contributed by atoms with E-state index in [9.17, 15) is 0 Å². The molecule has 0 aromatic heterocycles. The normalized spacial score (nSPS) is 27.8. The Morgan fingerprint density at radius 3 is 1.53 bits per heavy atom. The Bertz CT molecular complexity index is 569. The van der Waals surface area contributed by atoms with Crippen molar-refractivity contribution in [1.29, 1.82) is 0 Å². The van der Waals surface area contributed by atoms with Gasteiger partial charge in [-0.15, -0.1) is 24.3 Å². The maximum Gasteiger partial charge on any atom is -1.00 e. The second kappa shape index (κ2) is 16.9. The Kier molecular flexibility index (Phi) is 17.1. The molecule has 168 valence electrons. The van der Waals surface area contributed by atoms with E-state index in [-0.39, 0.29) is 30.3 Å². The molecule has 4 heteroatoms. The first kappa shape index (κ1) is 30.4. The van der Waals surface area contributed by atoms with Crippen molar-refractivity contribution < 1.29 is 47.8 Å². The van der Waals surface area contributed by atoms with Gasteiger partial charge in [-0.1, -0.05) is 51.4 Å². The van der Waals surface area contributed by atoms with Crippen molar-refractivity contribution >= 4 is 5.49 Å². The fourth-order valence-corrected chi connectivity index (χ4v) is 4.62. The summed E-state index contributed by atoms with van der Waals surface area (Å²) >= 11 is 1.45. The van der Waals surface area contributed by atoms with Gasteiger partial charge in [0.25, 0.3) is 0 Å². The van der Waals surface area contributed by atoms with Gasteiger partial charge in [-0.25, -0.2) is 36.1 Å². The van der Waals surface area contributed by atoms with Crippen LogP contribution in [0.4, 0.5) is 0 Å². The predicted octanol–water partition coefficient (Wildman–Crippen LogP) is 1.82. The monoisotopic (exact) mass is 630 g/mol. The van der Waals surface area contributed by atoms with E-state index in [0.717, 1.165) is 23.7 Å². The van der Waals surface area contributed by atoms with Gasteiger partial charge in [0, 0.05) is 0 Å². The second-order valence-electron chi connectivity index (χ2n) is 8.88. The molecular formula is C26H40Cl2HfSi-2. The number of rotatable bonds is 2. The summed E-state index contributed by atoms with van der Waals surface area (Å²) in [6.45, 7) is 9.25. The van der Waals surface area contributed by atoms with Crippen LogP contribution in [-0.2, 0) is 23.0 Å². The van der Waals surface area contributed by atoms with Gasteiger partial charge in [0.05, 0.1) is 0 Å². The molecule has 0 N–H and O–H groups in total. The Morgan fingerprint density at radius 1 is 0.833 bits per heavy atom. The van der Waals surface area contributed by atoms with Crippen LogP contribution in [0.5, 0.6) is 0 Å². The average Bonchev–Trinajstić information content (AvgIpc) is 3.10. The first-order valence-electron chi connectivity index (χ1n) is 11.5. The van der Waals surface area contributed by atoms with E-state index in [0.29, 0.717) is 0 Å². The van der Waals surface area contributed by atoms with E-state index < -0.39 is 0 Å². The summed E-state index contributed by atoms with van der Waals surface area (Å²) in [4.78, 5) is 0. The van der Waals surface area contributed by atoms with Crippen molar-refractivity contribution in [2.75, 3.05) is 0 Å². The van der Waals surface area contributed by atoms with E-state index in [1.165, 1.54) is 74.4 Å². The van der Waals surface area contributed by atoms with Gasteiger partial charge in [-0.05, 0) is 37.5 Å². The minimum atomic E-state index is 0. The fraction of sp³-hybridized carbons (Fsp3) is 0.615. The van der Waals surface area contributed by atoms with E-state index in [4.69, 9.17) is 0 Å². The van der Waals surface area contributed by atoms with Crippen LogP contribution in [0.15, 0.2) is 47.6 Å². The summed E-state index contributed by atoms with van der Waals surface area (Å²) in [5.74, 6) is 3.50. The molecule has 0 radical (unpaired) electrons. The smallest absolute Gasteiger partial charge is 1.00 e. The van der Waals surface area contributed by atoms with Crippen LogP contribution < -0.4 is 24.8 Å². The van der Waals surface area contributed by atoms with Crippen molar-refractivity contribution in [1.82, 2.24) is 0 Å². The van der Waals surface area contributed by atoms with Crippen LogP contribution in [0.1, 0.15) is 65.2 Å². The maximum atomic E-state index is 2.49. The van der Waals surface area contributed by atoms with E-state index in [1.54, 1.807) is 11.1 Å². The summed E-state index contributed by atoms with van der Waals surface area (Å²) in [6.07, 6.45) is 29.4. The minimum absolute atomic E-state index is 0. The molecule has 0 aromatic rings. The third kappa shape index (κ3) is 10.8. The van der Waals surface area contributed by atoms with Gasteiger partial charge in [-0.3, -0.25) is 0 Å². The van der Waals surface area contributed by atoms with Gasteiger partial charge in [0.1, 0.15) is 0 Å². The molecule has 0 saturated heterocycles. The van der Waals surface area contributed by atoms with Crippen LogP contribution in [0, 0.1) is 36.5 Å². The zero-order valence-corrected chi connectivity index (χ0v) is 25.4.